The molecule has 0 aliphatic carbocycles. The highest BCUT2D eigenvalue weighted by atomic mass is 32.2. The quantitative estimate of drug-likeness (QED) is 0.689. The number of sulfone groups is 1. The maximum Gasteiger partial charge on any atom is 0.246 e. The van der Waals surface area contributed by atoms with Crippen molar-refractivity contribution < 1.29 is 27.6 Å². The molecule has 2 saturated heterocycles. The van der Waals surface area contributed by atoms with Crippen molar-refractivity contribution in [2.24, 2.45) is 0 Å². The number of rotatable bonds is 5. The number of benzene rings is 1. The number of ether oxygens (including phenoxy) is 2. The maximum absolute atomic E-state index is 12.5. The zero-order valence-electron chi connectivity index (χ0n) is 15.8. The van der Waals surface area contributed by atoms with Gasteiger partial charge in [0.2, 0.25) is 5.91 Å². The fourth-order valence-corrected chi connectivity index (χ4v) is 5.59. The van der Waals surface area contributed by atoms with E-state index < -0.39 is 9.84 Å². The second kappa shape index (κ2) is 8.31. The van der Waals surface area contributed by atoms with Gasteiger partial charge in [0.25, 0.3) is 0 Å². The maximum atomic E-state index is 12.5. The highest BCUT2D eigenvalue weighted by Crippen LogP contribution is 2.25. The summed E-state index contributed by atoms with van der Waals surface area (Å²) in [4.78, 5) is 15.6. The topological polar surface area (TPSA) is 77.4 Å². The second-order valence-corrected chi connectivity index (χ2v) is 9.25. The Labute approximate surface area is 160 Å². The van der Waals surface area contributed by atoms with Crippen LogP contribution in [0.3, 0.4) is 0 Å². The van der Waals surface area contributed by atoms with Crippen molar-refractivity contribution in [3.8, 4) is 11.5 Å². The molecule has 1 atom stereocenters. The van der Waals surface area contributed by atoms with Crippen molar-refractivity contribution in [1.82, 2.24) is 4.90 Å². The number of hydrogen-bond donors (Lipinski definition) is 1. The standard InChI is InChI=1S/C19H26N2O5S/c1-25-17-5-3-15(18(13-17)26-2)4-6-19(22)21-10-8-20(9-11-21)16-7-12-27(23,24)14-16/h3-6,13,16H,7-12,14H2,1-2H3/p+1/b6-4+/t16-/m0/s1. The molecule has 1 amide bonds. The predicted octanol–water partition coefficient (Wildman–Crippen LogP) is -0.369. The summed E-state index contributed by atoms with van der Waals surface area (Å²) in [6, 6.07) is 5.64. The van der Waals surface area contributed by atoms with Gasteiger partial charge in [-0.25, -0.2) is 8.42 Å². The molecule has 0 spiro atoms. The lowest BCUT2D eigenvalue weighted by Crippen LogP contribution is -3.18. The van der Waals surface area contributed by atoms with E-state index in [1.54, 1.807) is 32.4 Å². The van der Waals surface area contributed by atoms with Crippen molar-refractivity contribution in [1.29, 1.82) is 0 Å². The third-order valence-corrected chi connectivity index (χ3v) is 7.14. The predicted molar refractivity (Wildman–Crippen MR) is 103 cm³/mol. The molecular formula is C19H27N2O5S+. The van der Waals surface area contributed by atoms with E-state index in [1.807, 2.05) is 17.0 Å². The molecule has 1 aromatic carbocycles. The van der Waals surface area contributed by atoms with Gasteiger partial charge in [0.1, 0.15) is 23.3 Å². The minimum Gasteiger partial charge on any atom is -0.497 e. The fraction of sp³-hybridized carbons (Fsp3) is 0.526. The normalized spacial score (nSPS) is 22.9. The van der Waals surface area contributed by atoms with Gasteiger partial charge in [-0.2, -0.15) is 0 Å². The lowest BCUT2D eigenvalue weighted by Gasteiger charge is -2.34. The first-order chi connectivity index (χ1) is 12.9. The first kappa shape index (κ1) is 19.7. The summed E-state index contributed by atoms with van der Waals surface area (Å²) in [6.45, 7) is 2.89. The summed E-state index contributed by atoms with van der Waals surface area (Å²) in [6.07, 6.45) is 4.06. The van der Waals surface area contributed by atoms with E-state index in [-0.39, 0.29) is 17.7 Å². The van der Waals surface area contributed by atoms with Gasteiger partial charge in [0.15, 0.2) is 9.84 Å². The second-order valence-electron chi connectivity index (χ2n) is 7.02. The van der Waals surface area contributed by atoms with Gasteiger partial charge >= 0.3 is 0 Å². The molecule has 1 N–H and O–H groups in total. The van der Waals surface area contributed by atoms with E-state index in [1.165, 1.54) is 4.90 Å². The number of nitrogens with zero attached hydrogens (tertiary/aromatic N) is 1. The van der Waals surface area contributed by atoms with Crippen molar-refractivity contribution in [2.45, 2.75) is 12.5 Å². The van der Waals surface area contributed by atoms with Gasteiger partial charge in [-0.1, -0.05) is 0 Å². The van der Waals surface area contributed by atoms with Crippen LogP contribution in [0.2, 0.25) is 0 Å². The molecule has 2 aliphatic rings. The SMILES string of the molecule is COc1ccc(/C=C/C(=O)N2CC[NH+]([C@H]3CCS(=O)(=O)C3)CC2)c(OC)c1. The molecule has 148 valence electrons. The van der Waals surface area contributed by atoms with Crippen molar-refractivity contribution in [3.05, 3.63) is 29.8 Å². The summed E-state index contributed by atoms with van der Waals surface area (Å²) in [5.41, 5.74) is 0.812. The first-order valence-corrected chi connectivity index (χ1v) is 11.0. The first-order valence-electron chi connectivity index (χ1n) is 9.16. The third-order valence-electron chi connectivity index (χ3n) is 5.37. The number of amides is 1. The van der Waals surface area contributed by atoms with Gasteiger partial charge in [0.05, 0.1) is 46.2 Å². The Morgan fingerprint density at radius 2 is 1.96 bits per heavy atom. The molecule has 2 aliphatic heterocycles. The highest BCUT2D eigenvalue weighted by Gasteiger charge is 2.37. The lowest BCUT2D eigenvalue weighted by atomic mass is 10.1. The molecule has 0 aromatic heterocycles. The fourth-order valence-electron chi connectivity index (χ4n) is 3.76. The Kier molecular flexibility index (Phi) is 6.06. The van der Waals surface area contributed by atoms with Crippen molar-refractivity contribution in [2.75, 3.05) is 51.9 Å². The number of carbonyl (C=O) groups is 1. The molecule has 1 aromatic rings. The van der Waals surface area contributed by atoms with Crippen LogP contribution in [0.1, 0.15) is 12.0 Å². The minimum absolute atomic E-state index is 0.0361. The lowest BCUT2D eigenvalue weighted by molar-refractivity contribution is -0.925. The van der Waals surface area contributed by atoms with Crippen LogP contribution in [-0.4, -0.2) is 77.2 Å². The van der Waals surface area contributed by atoms with E-state index in [4.69, 9.17) is 9.47 Å². The summed E-state index contributed by atoms with van der Waals surface area (Å²) in [5, 5.41) is 0. The largest absolute Gasteiger partial charge is 0.497 e. The molecule has 0 radical (unpaired) electrons. The smallest absolute Gasteiger partial charge is 0.246 e. The minimum atomic E-state index is -2.86. The van der Waals surface area contributed by atoms with Crippen LogP contribution in [0, 0.1) is 0 Å². The van der Waals surface area contributed by atoms with E-state index in [0.717, 1.165) is 25.1 Å². The average molecular weight is 396 g/mol. The van der Waals surface area contributed by atoms with Gasteiger partial charge in [-0.15, -0.1) is 0 Å². The molecule has 2 heterocycles. The molecule has 8 heteroatoms. The number of nitrogens with one attached hydrogen (secondary N) is 1. The molecule has 0 unspecified atom stereocenters. The van der Waals surface area contributed by atoms with Crippen LogP contribution < -0.4 is 14.4 Å². The highest BCUT2D eigenvalue weighted by molar-refractivity contribution is 7.91. The van der Waals surface area contributed by atoms with E-state index in [2.05, 4.69) is 0 Å². The van der Waals surface area contributed by atoms with E-state index >= 15 is 0 Å². The van der Waals surface area contributed by atoms with Crippen LogP contribution in [-0.2, 0) is 14.6 Å². The number of piperazine rings is 1. The number of carbonyl (C=O) groups excluding carboxylic acids is 1. The summed E-state index contributed by atoms with van der Waals surface area (Å²) in [7, 11) is 0.317. The Balaban J connectivity index is 1.56. The van der Waals surface area contributed by atoms with Crippen LogP contribution in [0.25, 0.3) is 6.08 Å². The molecule has 3 rings (SSSR count). The molecule has 27 heavy (non-hydrogen) atoms. The molecular weight excluding hydrogens is 368 g/mol. The van der Waals surface area contributed by atoms with Gasteiger partial charge in [-0.3, -0.25) is 4.79 Å². The summed E-state index contributed by atoms with van der Waals surface area (Å²) >= 11 is 0. The summed E-state index contributed by atoms with van der Waals surface area (Å²) < 4.78 is 33.9. The van der Waals surface area contributed by atoms with Crippen LogP contribution in [0.5, 0.6) is 11.5 Å². The Morgan fingerprint density at radius 3 is 2.56 bits per heavy atom. The summed E-state index contributed by atoms with van der Waals surface area (Å²) in [5.74, 6) is 1.90. The Bertz CT molecular complexity index is 813. The molecule has 2 fully saturated rings. The number of quaternary nitrogens is 1. The zero-order valence-corrected chi connectivity index (χ0v) is 16.6. The van der Waals surface area contributed by atoms with E-state index in [9.17, 15) is 13.2 Å². The molecule has 0 bridgehead atoms. The van der Waals surface area contributed by atoms with Gasteiger partial charge in [-0.05, 0) is 18.2 Å². The molecule has 7 nitrogen and oxygen atoms in total. The van der Waals surface area contributed by atoms with Crippen molar-refractivity contribution >= 4 is 21.8 Å². The van der Waals surface area contributed by atoms with Gasteiger partial charge in [0, 0.05) is 24.1 Å². The Hall–Kier alpha value is -2.06. The number of methoxy groups -OCH3 is 2. The average Bonchev–Trinajstić information content (AvgIpc) is 3.05. The molecule has 0 saturated carbocycles. The van der Waals surface area contributed by atoms with Gasteiger partial charge < -0.3 is 19.3 Å². The Morgan fingerprint density at radius 1 is 1.22 bits per heavy atom. The van der Waals surface area contributed by atoms with Crippen molar-refractivity contribution in [3.63, 3.8) is 0 Å². The third kappa shape index (κ3) is 4.81. The number of hydrogen-bond acceptors (Lipinski definition) is 5. The van der Waals surface area contributed by atoms with Crippen LogP contribution in [0.4, 0.5) is 0 Å². The van der Waals surface area contributed by atoms with Crippen LogP contribution in [0.15, 0.2) is 24.3 Å². The zero-order chi connectivity index (χ0) is 19.4. The van der Waals surface area contributed by atoms with E-state index in [0.29, 0.717) is 30.3 Å². The monoisotopic (exact) mass is 395 g/mol. The van der Waals surface area contributed by atoms with Crippen LogP contribution >= 0.6 is 0 Å².